The minimum absolute atomic E-state index is 0. The molecule has 2 atom stereocenters. The number of halogens is 1. The molecule has 0 heterocycles. The second-order valence-corrected chi connectivity index (χ2v) is 6.37. The molecule has 2 aromatic carbocycles. The van der Waals surface area contributed by atoms with Crippen molar-refractivity contribution in [1.82, 2.24) is 5.32 Å². The number of fused-ring (bicyclic) bond motifs is 2. The maximum atomic E-state index is 12.6. The summed E-state index contributed by atoms with van der Waals surface area (Å²) in [7, 11) is 0. The smallest absolute Gasteiger partial charge is 0.228 e. The second-order valence-electron chi connectivity index (χ2n) is 6.37. The fourth-order valence-corrected chi connectivity index (χ4v) is 3.75. The van der Waals surface area contributed by atoms with Crippen LogP contribution < -0.4 is 11.1 Å². The van der Waals surface area contributed by atoms with Crippen molar-refractivity contribution in [3.8, 4) is 0 Å². The van der Waals surface area contributed by atoms with Gasteiger partial charge in [0.25, 0.3) is 0 Å². The average Bonchev–Trinajstić information content (AvgIpc) is 2.48. The molecule has 3 N–H and O–H groups in total. The monoisotopic (exact) mass is 328 g/mol. The third-order valence-corrected chi connectivity index (χ3v) is 4.97. The van der Waals surface area contributed by atoms with E-state index in [-0.39, 0.29) is 30.3 Å². The molecule has 0 radical (unpaired) electrons. The lowest BCUT2D eigenvalue weighted by Crippen LogP contribution is -2.38. The summed E-state index contributed by atoms with van der Waals surface area (Å²) in [6, 6.07) is 14.4. The van der Waals surface area contributed by atoms with E-state index in [4.69, 9.17) is 5.73 Å². The van der Waals surface area contributed by atoms with Gasteiger partial charge in [-0.05, 0) is 60.1 Å². The highest BCUT2D eigenvalue weighted by atomic mass is 35.5. The molecule has 2 aliphatic carbocycles. The van der Waals surface area contributed by atoms with E-state index in [0.717, 1.165) is 31.4 Å². The van der Waals surface area contributed by atoms with Crippen molar-refractivity contribution in [2.45, 2.75) is 37.6 Å². The van der Waals surface area contributed by atoms with Crippen LogP contribution in [0.4, 0.5) is 5.69 Å². The highest BCUT2D eigenvalue weighted by molar-refractivity contribution is 5.87. The van der Waals surface area contributed by atoms with Gasteiger partial charge in [0.15, 0.2) is 0 Å². The van der Waals surface area contributed by atoms with E-state index in [1.807, 2.05) is 24.3 Å². The first kappa shape index (κ1) is 15.9. The Labute approximate surface area is 142 Å². The molecule has 0 saturated heterocycles. The number of aryl methyl sites for hydroxylation is 1. The van der Waals surface area contributed by atoms with Crippen LogP contribution in [-0.4, -0.2) is 5.91 Å². The number of hydrogen-bond donors (Lipinski definition) is 2. The van der Waals surface area contributed by atoms with Gasteiger partial charge in [0.2, 0.25) is 5.91 Å². The maximum absolute atomic E-state index is 12.6. The average molecular weight is 329 g/mol. The molecule has 0 bridgehead atoms. The van der Waals surface area contributed by atoms with Crippen LogP contribution in [0.15, 0.2) is 42.5 Å². The summed E-state index contributed by atoms with van der Waals surface area (Å²) < 4.78 is 0. The first-order valence-corrected chi connectivity index (χ1v) is 7.99. The standard InChI is InChI=1S/C19H20N2O.ClH/c20-14-8-9-16-12(10-14)5-3-7-18(16)21-19(22)17-11-13-4-1-2-6-15(13)17;/h1-2,4,6,8-10,17-18H,3,5,7,11,20H2,(H,21,22);1H. The van der Waals surface area contributed by atoms with Gasteiger partial charge in [-0.2, -0.15) is 0 Å². The summed E-state index contributed by atoms with van der Waals surface area (Å²) >= 11 is 0. The summed E-state index contributed by atoms with van der Waals surface area (Å²) in [6.45, 7) is 0. The number of hydrogen-bond acceptors (Lipinski definition) is 2. The molecule has 0 aromatic heterocycles. The summed E-state index contributed by atoms with van der Waals surface area (Å²) in [5.74, 6) is 0.184. The largest absolute Gasteiger partial charge is 0.399 e. The molecule has 2 aromatic rings. The van der Waals surface area contributed by atoms with Crippen LogP contribution in [0.5, 0.6) is 0 Å². The molecule has 4 heteroatoms. The molecular weight excluding hydrogens is 308 g/mol. The Balaban J connectivity index is 0.00000156. The number of nitrogen functional groups attached to an aromatic ring is 1. The molecule has 3 nitrogen and oxygen atoms in total. The summed E-state index contributed by atoms with van der Waals surface area (Å²) in [6.07, 6.45) is 4.03. The number of amides is 1. The SMILES string of the molecule is Cl.Nc1ccc2c(c1)CCCC2NC(=O)C1Cc2ccccc21. The van der Waals surface area contributed by atoms with Gasteiger partial charge >= 0.3 is 0 Å². The normalized spacial score (nSPS) is 21.2. The zero-order chi connectivity index (χ0) is 15.1. The Bertz CT molecular complexity index is 744. The van der Waals surface area contributed by atoms with Gasteiger partial charge in [0, 0.05) is 5.69 Å². The lowest BCUT2D eigenvalue weighted by molar-refractivity contribution is -0.124. The Morgan fingerprint density at radius 3 is 2.74 bits per heavy atom. The molecular formula is C19H21ClN2O. The number of nitrogens with one attached hydrogen (secondary N) is 1. The molecule has 0 spiro atoms. The van der Waals surface area contributed by atoms with Gasteiger partial charge in [0.1, 0.15) is 0 Å². The van der Waals surface area contributed by atoms with Crippen molar-refractivity contribution in [2.24, 2.45) is 0 Å². The van der Waals surface area contributed by atoms with E-state index in [1.165, 1.54) is 22.3 Å². The molecule has 1 amide bonds. The van der Waals surface area contributed by atoms with Crippen molar-refractivity contribution >= 4 is 24.0 Å². The van der Waals surface area contributed by atoms with Crippen LogP contribution in [0.25, 0.3) is 0 Å². The third kappa shape index (κ3) is 2.81. The molecule has 0 saturated carbocycles. The molecule has 2 aliphatic rings. The van der Waals surface area contributed by atoms with E-state index >= 15 is 0 Å². The lowest BCUT2D eigenvalue weighted by atomic mass is 9.76. The van der Waals surface area contributed by atoms with Crippen LogP contribution in [0.2, 0.25) is 0 Å². The highest BCUT2D eigenvalue weighted by Gasteiger charge is 2.33. The molecule has 4 rings (SSSR count). The number of nitrogens with two attached hydrogens (primary N) is 1. The van der Waals surface area contributed by atoms with E-state index in [2.05, 4.69) is 23.5 Å². The Morgan fingerprint density at radius 1 is 1.09 bits per heavy atom. The van der Waals surface area contributed by atoms with Gasteiger partial charge < -0.3 is 11.1 Å². The van der Waals surface area contributed by atoms with Crippen molar-refractivity contribution in [1.29, 1.82) is 0 Å². The van der Waals surface area contributed by atoms with E-state index in [0.29, 0.717) is 0 Å². The van der Waals surface area contributed by atoms with Crippen molar-refractivity contribution in [2.75, 3.05) is 5.73 Å². The summed E-state index contributed by atoms with van der Waals surface area (Å²) in [4.78, 5) is 12.6. The quantitative estimate of drug-likeness (QED) is 0.829. The molecule has 2 unspecified atom stereocenters. The first-order valence-electron chi connectivity index (χ1n) is 7.99. The zero-order valence-electron chi connectivity index (χ0n) is 12.9. The van der Waals surface area contributed by atoms with Gasteiger partial charge in [-0.15, -0.1) is 12.4 Å². The van der Waals surface area contributed by atoms with Crippen molar-refractivity contribution in [3.63, 3.8) is 0 Å². The van der Waals surface area contributed by atoms with E-state index in [1.54, 1.807) is 0 Å². The van der Waals surface area contributed by atoms with E-state index < -0.39 is 0 Å². The Morgan fingerprint density at radius 2 is 1.91 bits per heavy atom. The Kier molecular flexibility index (Phi) is 4.31. The molecule has 0 fully saturated rings. The third-order valence-electron chi connectivity index (χ3n) is 4.97. The molecule has 23 heavy (non-hydrogen) atoms. The van der Waals surface area contributed by atoms with Crippen molar-refractivity contribution in [3.05, 3.63) is 64.7 Å². The minimum atomic E-state index is 0. The van der Waals surface area contributed by atoms with E-state index in [9.17, 15) is 4.79 Å². The number of benzene rings is 2. The number of carbonyl (C=O) groups is 1. The predicted molar refractivity (Wildman–Crippen MR) is 94.8 cm³/mol. The number of carbonyl (C=O) groups excluding carboxylic acids is 1. The van der Waals surface area contributed by atoms with Crippen LogP contribution in [0, 0.1) is 0 Å². The molecule has 0 aliphatic heterocycles. The summed E-state index contributed by atoms with van der Waals surface area (Å²) in [5, 5.41) is 3.26. The van der Waals surface area contributed by atoms with Crippen LogP contribution in [0.3, 0.4) is 0 Å². The lowest BCUT2D eigenvalue weighted by Gasteiger charge is -2.32. The highest BCUT2D eigenvalue weighted by Crippen LogP contribution is 2.37. The van der Waals surface area contributed by atoms with Gasteiger partial charge in [-0.3, -0.25) is 4.79 Å². The predicted octanol–water partition coefficient (Wildman–Crippen LogP) is 3.52. The number of rotatable bonds is 2. The van der Waals surface area contributed by atoms with Gasteiger partial charge in [0.05, 0.1) is 12.0 Å². The van der Waals surface area contributed by atoms with Crippen LogP contribution in [0.1, 0.15) is 47.1 Å². The second kappa shape index (κ2) is 6.25. The van der Waals surface area contributed by atoms with Crippen LogP contribution in [-0.2, 0) is 17.6 Å². The first-order chi connectivity index (χ1) is 10.7. The number of anilines is 1. The minimum Gasteiger partial charge on any atom is -0.399 e. The van der Waals surface area contributed by atoms with Crippen molar-refractivity contribution < 1.29 is 4.79 Å². The zero-order valence-corrected chi connectivity index (χ0v) is 13.7. The molecule has 120 valence electrons. The summed E-state index contributed by atoms with van der Waals surface area (Å²) in [5.41, 5.74) is 11.7. The Hall–Kier alpha value is -2.00. The van der Waals surface area contributed by atoms with Crippen LogP contribution >= 0.6 is 12.4 Å². The maximum Gasteiger partial charge on any atom is 0.228 e. The van der Waals surface area contributed by atoms with Gasteiger partial charge in [-0.25, -0.2) is 0 Å². The fraction of sp³-hybridized carbons (Fsp3) is 0.316. The fourth-order valence-electron chi connectivity index (χ4n) is 3.75. The van der Waals surface area contributed by atoms with Gasteiger partial charge in [-0.1, -0.05) is 30.3 Å². The topological polar surface area (TPSA) is 55.1 Å².